The number of hydrogen-bond donors (Lipinski definition) is 0. The second-order valence-corrected chi connectivity index (χ2v) is 3.74. The van der Waals surface area contributed by atoms with Crippen LogP contribution in [0.25, 0.3) is 11.3 Å². The van der Waals surface area contributed by atoms with Crippen molar-refractivity contribution < 1.29 is 4.74 Å². The van der Waals surface area contributed by atoms with E-state index in [9.17, 15) is 0 Å². The van der Waals surface area contributed by atoms with E-state index in [-0.39, 0.29) is 0 Å². The lowest BCUT2D eigenvalue weighted by molar-refractivity contribution is 0.187. The first-order valence-electron chi connectivity index (χ1n) is 5.38. The van der Waals surface area contributed by atoms with Gasteiger partial charge in [0.1, 0.15) is 0 Å². The van der Waals surface area contributed by atoms with E-state index in [1.165, 1.54) is 17.0 Å². The molecule has 0 aliphatic carbocycles. The van der Waals surface area contributed by atoms with Gasteiger partial charge in [0.05, 0.1) is 6.61 Å². The highest BCUT2D eigenvalue weighted by Gasteiger charge is 2.06. The Balaban J connectivity index is 2.34. The molecule has 16 heavy (non-hydrogen) atoms. The number of ether oxygens (including phenoxy) is 1. The van der Waals surface area contributed by atoms with Crippen LogP contribution in [0.3, 0.4) is 0 Å². The zero-order valence-electron chi connectivity index (χ0n) is 9.68. The van der Waals surface area contributed by atoms with Crippen LogP contribution in [-0.4, -0.2) is 23.3 Å². The SMILES string of the molecule is COCCn1c(C)ccc1-c1ccncc1. The molecule has 2 aromatic heterocycles. The Hall–Kier alpha value is -1.61. The van der Waals surface area contributed by atoms with Crippen molar-refractivity contribution >= 4 is 0 Å². The van der Waals surface area contributed by atoms with Crippen LogP contribution in [0.1, 0.15) is 5.69 Å². The third-order valence-electron chi connectivity index (χ3n) is 2.69. The first kappa shape index (κ1) is 10.9. The molecule has 0 fully saturated rings. The fraction of sp³-hybridized carbons (Fsp3) is 0.308. The molecular weight excluding hydrogens is 200 g/mol. The zero-order chi connectivity index (χ0) is 11.4. The van der Waals surface area contributed by atoms with Crippen LogP contribution in [0.15, 0.2) is 36.7 Å². The lowest BCUT2D eigenvalue weighted by Crippen LogP contribution is -2.07. The molecule has 0 aliphatic rings. The Kier molecular flexibility index (Phi) is 3.37. The van der Waals surface area contributed by atoms with E-state index in [2.05, 4.69) is 28.6 Å². The van der Waals surface area contributed by atoms with Crippen LogP contribution in [0.4, 0.5) is 0 Å². The zero-order valence-corrected chi connectivity index (χ0v) is 9.68. The molecule has 0 N–H and O–H groups in total. The molecule has 84 valence electrons. The van der Waals surface area contributed by atoms with Gasteiger partial charge in [-0.1, -0.05) is 0 Å². The molecule has 2 aromatic rings. The summed E-state index contributed by atoms with van der Waals surface area (Å²) in [7, 11) is 1.73. The highest BCUT2D eigenvalue weighted by Crippen LogP contribution is 2.21. The fourth-order valence-electron chi connectivity index (χ4n) is 1.82. The molecule has 2 rings (SSSR count). The lowest BCUT2D eigenvalue weighted by Gasteiger charge is -2.11. The van der Waals surface area contributed by atoms with Crippen molar-refractivity contribution in [3.05, 3.63) is 42.4 Å². The van der Waals surface area contributed by atoms with Gasteiger partial charge >= 0.3 is 0 Å². The van der Waals surface area contributed by atoms with E-state index in [1.54, 1.807) is 7.11 Å². The predicted molar refractivity (Wildman–Crippen MR) is 64.3 cm³/mol. The monoisotopic (exact) mass is 216 g/mol. The summed E-state index contributed by atoms with van der Waals surface area (Å²) in [6.07, 6.45) is 3.64. The topological polar surface area (TPSA) is 27.1 Å². The van der Waals surface area contributed by atoms with Crippen molar-refractivity contribution in [3.8, 4) is 11.3 Å². The summed E-state index contributed by atoms with van der Waals surface area (Å²) in [5.74, 6) is 0. The van der Waals surface area contributed by atoms with Gasteiger partial charge < -0.3 is 9.30 Å². The van der Waals surface area contributed by atoms with Crippen LogP contribution in [0.2, 0.25) is 0 Å². The van der Waals surface area contributed by atoms with Gasteiger partial charge in [-0.05, 0) is 31.2 Å². The number of hydrogen-bond acceptors (Lipinski definition) is 2. The van der Waals surface area contributed by atoms with Gasteiger partial charge in [-0.15, -0.1) is 0 Å². The Morgan fingerprint density at radius 2 is 1.94 bits per heavy atom. The second-order valence-electron chi connectivity index (χ2n) is 3.74. The Morgan fingerprint density at radius 1 is 1.19 bits per heavy atom. The summed E-state index contributed by atoms with van der Waals surface area (Å²) in [5.41, 5.74) is 3.67. The van der Waals surface area contributed by atoms with E-state index in [0.29, 0.717) is 0 Å². The summed E-state index contributed by atoms with van der Waals surface area (Å²) in [6, 6.07) is 8.32. The molecule has 3 nitrogen and oxygen atoms in total. The molecule has 0 bridgehead atoms. The number of aromatic nitrogens is 2. The van der Waals surface area contributed by atoms with Gasteiger partial charge in [-0.3, -0.25) is 4.98 Å². The molecule has 0 saturated carbocycles. The highest BCUT2D eigenvalue weighted by atomic mass is 16.5. The van der Waals surface area contributed by atoms with E-state index >= 15 is 0 Å². The van der Waals surface area contributed by atoms with E-state index in [1.807, 2.05) is 24.5 Å². The Bertz CT molecular complexity index is 448. The largest absolute Gasteiger partial charge is 0.383 e. The predicted octanol–water partition coefficient (Wildman–Crippen LogP) is 2.50. The second kappa shape index (κ2) is 4.94. The number of rotatable bonds is 4. The number of methoxy groups -OCH3 is 1. The van der Waals surface area contributed by atoms with Crippen molar-refractivity contribution in [2.24, 2.45) is 0 Å². The molecule has 0 radical (unpaired) electrons. The number of aryl methyl sites for hydroxylation is 1. The van der Waals surface area contributed by atoms with Gasteiger partial charge in [0.2, 0.25) is 0 Å². The van der Waals surface area contributed by atoms with E-state index < -0.39 is 0 Å². The summed E-state index contributed by atoms with van der Waals surface area (Å²) in [6.45, 7) is 3.72. The molecule has 0 atom stereocenters. The van der Waals surface area contributed by atoms with Crippen LogP contribution in [0.5, 0.6) is 0 Å². The molecule has 0 spiro atoms. The van der Waals surface area contributed by atoms with Gasteiger partial charge in [0.15, 0.2) is 0 Å². The highest BCUT2D eigenvalue weighted by molar-refractivity contribution is 5.60. The smallest absolute Gasteiger partial charge is 0.0642 e. The maximum Gasteiger partial charge on any atom is 0.0642 e. The lowest BCUT2D eigenvalue weighted by atomic mass is 10.2. The van der Waals surface area contributed by atoms with Crippen molar-refractivity contribution in [2.75, 3.05) is 13.7 Å². The third-order valence-corrected chi connectivity index (χ3v) is 2.69. The van der Waals surface area contributed by atoms with E-state index in [0.717, 1.165) is 13.2 Å². The quantitative estimate of drug-likeness (QED) is 0.785. The summed E-state index contributed by atoms with van der Waals surface area (Å²) < 4.78 is 7.39. The normalized spacial score (nSPS) is 10.6. The summed E-state index contributed by atoms with van der Waals surface area (Å²) in [4.78, 5) is 4.04. The number of nitrogens with zero attached hydrogens (tertiary/aromatic N) is 2. The molecule has 0 unspecified atom stereocenters. The van der Waals surface area contributed by atoms with Gasteiger partial charge in [-0.25, -0.2) is 0 Å². The maximum absolute atomic E-state index is 5.13. The van der Waals surface area contributed by atoms with Gasteiger partial charge in [-0.2, -0.15) is 0 Å². The molecule has 0 saturated heterocycles. The average Bonchev–Trinajstić information content (AvgIpc) is 2.69. The van der Waals surface area contributed by atoms with Crippen molar-refractivity contribution in [2.45, 2.75) is 13.5 Å². The van der Waals surface area contributed by atoms with E-state index in [4.69, 9.17) is 4.74 Å². The molecule has 0 aromatic carbocycles. The minimum atomic E-state index is 0.730. The van der Waals surface area contributed by atoms with Crippen molar-refractivity contribution in [1.29, 1.82) is 0 Å². The average molecular weight is 216 g/mol. The van der Waals surface area contributed by atoms with Crippen LogP contribution >= 0.6 is 0 Å². The van der Waals surface area contributed by atoms with Crippen LogP contribution in [0, 0.1) is 6.92 Å². The van der Waals surface area contributed by atoms with Crippen molar-refractivity contribution in [1.82, 2.24) is 9.55 Å². The Labute approximate surface area is 95.7 Å². The summed E-state index contributed by atoms with van der Waals surface area (Å²) >= 11 is 0. The van der Waals surface area contributed by atoms with Gasteiger partial charge in [0.25, 0.3) is 0 Å². The molecule has 2 heterocycles. The minimum Gasteiger partial charge on any atom is -0.383 e. The molecule has 3 heteroatoms. The summed E-state index contributed by atoms with van der Waals surface area (Å²) in [5, 5.41) is 0. The maximum atomic E-state index is 5.13. The Morgan fingerprint density at radius 3 is 2.62 bits per heavy atom. The first-order chi connectivity index (χ1) is 7.83. The van der Waals surface area contributed by atoms with Crippen LogP contribution in [-0.2, 0) is 11.3 Å². The third kappa shape index (κ3) is 2.14. The minimum absolute atomic E-state index is 0.730. The van der Waals surface area contributed by atoms with Crippen molar-refractivity contribution in [3.63, 3.8) is 0 Å². The van der Waals surface area contributed by atoms with Gasteiger partial charge in [0, 0.05) is 43.0 Å². The first-order valence-corrected chi connectivity index (χ1v) is 5.38. The molecular formula is C13H16N2O. The standard InChI is InChI=1S/C13H16N2O/c1-11-3-4-13(15(11)9-10-16-2)12-5-7-14-8-6-12/h3-8H,9-10H2,1-2H3. The molecule has 0 aliphatic heterocycles. The molecule has 0 amide bonds. The van der Waals surface area contributed by atoms with Crippen LogP contribution < -0.4 is 0 Å². The fourth-order valence-corrected chi connectivity index (χ4v) is 1.82. The number of pyridine rings is 1.